The molecule has 0 atom stereocenters. The fourth-order valence-electron chi connectivity index (χ4n) is 2.89. The first-order chi connectivity index (χ1) is 11.2. The molecule has 1 aliphatic heterocycles. The Kier molecular flexibility index (Phi) is 6.60. The summed E-state index contributed by atoms with van der Waals surface area (Å²) in [7, 11) is 0. The number of para-hydroxylation sites is 1. The molecular formula is C17H25ClN4O2. The summed E-state index contributed by atoms with van der Waals surface area (Å²) >= 11 is 0. The Morgan fingerprint density at radius 3 is 2.71 bits per heavy atom. The highest BCUT2D eigenvalue weighted by atomic mass is 35.5. The molecule has 132 valence electrons. The highest BCUT2D eigenvalue weighted by Gasteiger charge is 2.18. The van der Waals surface area contributed by atoms with E-state index in [0.717, 1.165) is 43.8 Å². The average Bonchev–Trinajstić information content (AvgIpc) is 2.96. The number of morpholine rings is 1. The first kappa shape index (κ1) is 18.7. The standard InChI is InChI=1S/C17H24N4O2.ClH/c1-13(2)21-15-6-4-3-5-14(15)16(19-21)17(22)18-7-8-20-9-11-23-12-10-20;/h3-6,13H,7-12H2,1-2H3,(H,18,22);1H. The number of rotatable bonds is 5. The molecule has 1 aromatic carbocycles. The van der Waals surface area contributed by atoms with Gasteiger partial charge in [-0.1, -0.05) is 18.2 Å². The minimum Gasteiger partial charge on any atom is -0.379 e. The Morgan fingerprint density at radius 1 is 1.29 bits per heavy atom. The summed E-state index contributed by atoms with van der Waals surface area (Å²) in [6.07, 6.45) is 0. The lowest BCUT2D eigenvalue weighted by molar-refractivity contribution is 0.0383. The molecule has 1 amide bonds. The minimum atomic E-state index is -0.103. The zero-order valence-electron chi connectivity index (χ0n) is 14.2. The lowest BCUT2D eigenvalue weighted by Gasteiger charge is -2.26. The van der Waals surface area contributed by atoms with Crippen molar-refractivity contribution in [3.63, 3.8) is 0 Å². The van der Waals surface area contributed by atoms with Crippen LogP contribution < -0.4 is 5.32 Å². The number of carbonyl (C=O) groups excluding carboxylic acids is 1. The monoisotopic (exact) mass is 352 g/mol. The Balaban J connectivity index is 0.00000208. The molecule has 1 aromatic heterocycles. The highest BCUT2D eigenvalue weighted by molar-refractivity contribution is 6.04. The van der Waals surface area contributed by atoms with Crippen LogP contribution in [-0.2, 0) is 4.74 Å². The molecule has 1 saturated heterocycles. The van der Waals surface area contributed by atoms with Gasteiger partial charge in [-0.15, -0.1) is 12.4 Å². The van der Waals surface area contributed by atoms with E-state index in [0.29, 0.717) is 12.2 Å². The Hall–Kier alpha value is -1.63. The number of hydrogen-bond acceptors (Lipinski definition) is 4. The molecule has 2 heterocycles. The van der Waals surface area contributed by atoms with Gasteiger partial charge in [0, 0.05) is 37.6 Å². The van der Waals surface area contributed by atoms with E-state index >= 15 is 0 Å². The van der Waals surface area contributed by atoms with Crippen molar-refractivity contribution in [1.82, 2.24) is 20.0 Å². The summed E-state index contributed by atoms with van der Waals surface area (Å²) in [6, 6.07) is 8.10. The third-order valence-electron chi connectivity index (χ3n) is 4.14. The molecular weight excluding hydrogens is 328 g/mol. The molecule has 6 nitrogen and oxygen atoms in total. The van der Waals surface area contributed by atoms with Crippen molar-refractivity contribution in [1.29, 1.82) is 0 Å². The molecule has 7 heteroatoms. The maximum Gasteiger partial charge on any atom is 0.272 e. The molecule has 0 saturated carbocycles. The Morgan fingerprint density at radius 2 is 2.00 bits per heavy atom. The van der Waals surface area contributed by atoms with Gasteiger partial charge in [0.25, 0.3) is 5.91 Å². The van der Waals surface area contributed by atoms with E-state index in [1.807, 2.05) is 28.9 Å². The van der Waals surface area contributed by atoms with Crippen molar-refractivity contribution >= 4 is 29.2 Å². The smallest absolute Gasteiger partial charge is 0.272 e. The van der Waals surface area contributed by atoms with Crippen LogP contribution in [0.2, 0.25) is 0 Å². The van der Waals surface area contributed by atoms with E-state index in [2.05, 4.69) is 29.2 Å². The third kappa shape index (κ3) is 4.06. The zero-order chi connectivity index (χ0) is 16.2. The van der Waals surface area contributed by atoms with E-state index in [-0.39, 0.29) is 24.4 Å². The van der Waals surface area contributed by atoms with Gasteiger partial charge in [-0.3, -0.25) is 14.4 Å². The van der Waals surface area contributed by atoms with E-state index in [1.165, 1.54) is 0 Å². The van der Waals surface area contributed by atoms with Crippen LogP contribution in [0.5, 0.6) is 0 Å². The average molecular weight is 353 g/mol. The second kappa shape index (κ2) is 8.46. The highest BCUT2D eigenvalue weighted by Crippen LogP contribution is 2.21. The van der Waals surface area contributed by atoms with Gasteiger partial charge < -0.3 is 10.1 Å². The minimum absolute atomic E-state index is 0. The molecule has 1 aliphatic rings. The van der Waals surface area contributed by atoms with Gasteiger partial charge in [-0.25, -0.2) is 0 Å². The summed E-state index contributed by atoms with van der Waals surface area (Å²) in [4.78, 5) is 14.8. The van der Waals surface area contributed by atoms with Gasteiger partial charge in [0.05, 0.1) is 18.7 Å². The number of nitrogens with one attached hydrogen (secondary N) is 1. The van der Waals surface area contributed by atoms with Gasteiger partial charge in [0.1, 0.15) is 0 Å². The Bertz CT molecular complexity index is 680. The number of carbonyl (C=O) groups is 1. The number of ether oxygens (including phenoxy) is 1. The van der Waals surface area contributed by atoms with Gasteiger partial charge in [-0.2, -0.15) is 5.10 Å². The van der Waals surface area contributed by atoms with Crippen molar-refractivity contribution in [2.24, 2.45) is 0 Å². The van der Waals surface area contributed by atoms with Crippen LogP contribution in [0.25, 0.3) is 10.9 Å². The van der Waals surface area contributed by atoms with E-state index in [4.69, 9.17) is 4.74 Å². The lowest BCUT2D eigenvalue weighted by Crippen LogP contribution is -2.41. The van der Waals surface area contributed by atoms with Crippen LogP contribution in [0.15, 0.2) is 24.3 Å². The number of fused-ring (bicyclic) bond motifs is 1. The third-order valence-corrected chi connectivity index (χ3v) is 4.14. The van der Waals surface area contributed by atoms with Gasteiger partial charge in [-0.05, 0) is 19.9 Å². The van der Waals surface area contributed by atoms with Crippen molar-refractivity contribution in [3.8, 4) is 0 Å². The quantitative estimate of drug-likeness (QED) is 0.895. The topological polar surface area (TPSA) is 59.4 Å². The number of hydrogen-bond donors (Lipinski definition) is 1. The SMILES string of the molecule is CC(C)n1nc(C(=O)NCCN2CCOCC2)c2ccccc21.Cl. The van der Waals surface area contributed by atoms with Crippen LogP contribution in [0, 0.1) is 0 Å². The van der Waals surface area contributed by atoms with Crippen LogP contribution in [0.4, 0.5) is 0 Å². The fraction of sp³-hybridized carbons (Fsp3) is 0.529. The summed E-state index contributed by atoms with van der Waals surface area (Å²) in [6.45, 7) is 9.02. The van der Waals surface area contributed by atoms with Crippen LogP contribution in [0.3, 0.4) is 0 Å². The maximum atomic E-state index is 12.5. The second-order valence-corrected chi connectivity index (χ2v) is 6.11. The molecule has 0 bridgehead atoms. The molecule has 1 fully saturated rings. The normalized spacial score (nSPS) is 15.5. The van der Waals surface area contributed by atoms with Gasteiger partial charge >= 0.3 is 0 Å². The summed E-state index contributed by atoms with van der Waals surface area (Å²) in [5.74, 6) is -0.103. The number of benzene rings is 1. The summed E-state index contributed by atoms with van der Waals surface area (Å²) in [5, 5.41) is 8.43. The van der Waals surface area contributed by atoms with E-state index < -0.39 is 0 Å². The largest absolute Gasteiger partial charge is 0.379 e. The van der Waals surface area contributed by atoms with Crippen molar-refractivity contribution in [3.05, 3.63) is 30.0 Å². The summed E-state index contributed by atoms with van der Waals surface area (Å²) < 4.78 is 7.24. The molecule has 1 N–H and O–H groups in total. The predicted molar refractivity (Wildman–Crippen MR) is 97.0 cm³/mol. The molecule has 3 rings (SSSR count). The van der Waals surface area contributed by atoms with E-state index in [1.54, 1.807) is 0 Å². The van der Waals surface area contributed by atoms with Gasteiger partial charge in [0.2, 0.25) is 0 Å². The number of amides is 1. The molecule has 0 unspecified atom stereocenters. The fourth-order valence-corrected chi connectivity index (χ4v) is 2.89. The zero-order valence-corrected chi connectivity index (χ0v) is 15.0. The van der Waals surface area contributed by atoms with E-state index in [9.17, 15) is 4.79 Å². The molecule has 24 heavy (non-hydrogen) atoms. The first-order valence-electron chi connectivity index (χ1n) is 8.22. The van der Waals surface area contributed by atoms with Crippen molar-refractivity contribution < 1.29 is 9.53 Å². The Labute approximate surface area is 148 Å². The van der Waals surface area contributed by atoms with Crippen LogP contribution in [0.1, 0.15) is 30.4 Å². The number of aromatic nitrogens is 2. The van der Waals surface area contributed by atoms with Crippen molar-refractivity contribution in [2.75, 3.05) is 39.4 Å². The van der Waals surface area contributed by atoms with Crippen molar-refractivity contribution in [2.45, 2.75) is 19.9 Å². The van der Waals surface area contributed by atoms with Crippen LogP contribution >= 0.6 is 12.4 Å². The predicted octanol–water partition coefficient (Wildman–Crippen LogP) is 2.10. The lowest BCUT2D eigenvalue weighted by atomic mass is 10.2. The second-order valence-electron chi connectivity index (χ2n) is 6.11. The maximum absolute atomic E-state index is 12.5. The number of halogens is 1. The number of nitrogens with zero attached hydrogens (tertiary/aromatic N) is 3. The van der Waals surface area contributed by atoms with Crippen LogP contribution in [-0.4, -0.2) is 60.0 Å². The summed E-state index contributed by atoms with van der Waals surface area (Å²) in [5.41, 5.74) is 1.51. The molecule has 0 aliphatic carbocycles. The van der Waals surface area contributed by atoms with Gasteiger partial charge in [0.15, 0.2) is 5.69 Å². The molecule has 0 spiro atoms. The molecule has 0 radical (unpaired) electrons. The first-order valence-corrected chi connectivity index (χ1v) is 8.22. The molecule has 2 aromatic rings.